The van der Waals surface area contributed by atoms with E-state index in [4.69, 9.17) is 4.74 Å². The molecule has 0 aliphatic rings. The van der Waals surface area contributed by atoms with E-state index in [0.717, 1.165) is 20.3 Å². The third kappa shape index (κ3) is 2.21. The Morgan fingerprint density at radius 2 is 1.89 bits per heavy atom. The second-order valence-electron chi connectivity index (χ2n) is 3.77. The van der Waals surface area contributed by atoms with Crippen LogP contribution in [-0.2, 0) is 0 Å². The summed E-state index contributed by atoms with van der Waals surface area (Å²) in [7, 11) is 0. The van der Waals surface area contributed by atoms with Crippen molar-refractivity contribution in [1.82, 2.24) is 0 Å². The number of aromatic hydroxyl groups is 1. The van der Waals surface area contributed by atoms with Crippen LogP contribution in [0.25, 0.3) is 10.1 Å². The van der Waals surface area contributed by atoms with Gasteiger partial charge in [0, 0.05) is 14.6 Å². The van der Waals surface area contributed by atoms with Crippen LogP contribution in [0.2, 0.25) is 0 Å². The van der Waals surface area contributed by atoms with Crippen LogP contribution < -0.4 is 4.74 Å². The van der Waals surface area contributed by atoms with Gasteiger partial charge in [0.15, 0.2) is 5.75 Å². The lowest BCUT2D eigenvalue weighted by Gasteiger charge is -2.04. The van der Waals surface area contributed by atoms with Gasteiger partial charge in [-0.15, -0.1) is 11.3 Å². The first-order valence-corrected chi connectivity index (χ1v) is 6.90. The minimum atomic E-state index is 0.257. The van der Waals surface area contributed by atoms with E-state index in [2.05, 4.69) is 21.3 Å². The van der Waals surface area contributed by atoms with Crippen LogP contribution in [0, 0.1) is 5.38 Å². The molecule has 1 N–H and O–H groups in total. The van der Waals surface area contributed by atoms with Crippen molar-refractivity contribution in [2.75, 3.05) is 0 Å². The van der Waals surface area contributed by atoms with Gasteiger partial charge < -0.3 is 9.84 Å². The molecule has 0 saturated heterocycles. The summed E-state index contributed by atoms with van der Waals surface area (Å²) in [5.74, 6) is 1.72. The zero-order valence-electron chi connectivity index (χ0n) is 9.18. The normalized spacial score (nSPS) is 10.7. The van der Waals surface area contributed by atoms with Crippen molar-refractivity contribution in [3.05, 3.63) is 52.3 Å². The molecule has 89 valence electrons. The Morgan fingerprint density at radius 3 is 2.67 bits per heavy atom. The van der Waals surface area contributed by atoms with Crippen molar-refractivity contribution in [1.29, 1.82) is 0 Å². The van der Waals surface area contributed by atoms with Gasteiger partial charge in [0.05, 0.1) is 5.38 Å². The monoisotopic (exact) mass is 319 g/mol. The molecular formula is C14H8BrO2S. The highest BCUT2D eigenvalue weighted by molar-refractivity contribution is 9.10. The maximum absolute atomic E-state index is 9.41. The second kappa shape index (κ2) is 4.63. The molecule has 1 radical (unpaired) electrons. The minimum Gasteiger partial charge on any atom is -0.508 e. The number of benzene rings is 2. The van der Waals surface area contributed by atoms with E-state index in [1.54, 1.807) is 12.1 Å². The number of ether oxygens (including phenoxy) is 1. The number of thiophene rings is 1. The second-order valence-corrected chi connectivity index (χ2v) is 5.53. The Morgan fingerprint density at radius 1 is 1.11 bits per heavy atom. The lowest BCUT2D eigenvalue weighted by atomic mass is 10.2. The molecule has 1 heterocycles. The van der Waals surface area contributed by atoms with Gasteiger partial charge in [-0.05, 0) is 42.5 Å². The highest BCUT2D eigenvalue weighted by Gasteiger charge is 2.07. The van der Waals surface area contributed by atoms with Crippen LogP contribution in [0.15, 0.2) is 46.9 Å². The van der Waals surface area contributed by atoms with E-state index < -0.39 is 0 Å². The lowest BCUT2D eigenvalue weighted by molar-refractivity contribution is 0.476. The summed E-state index contributed by atoms with van der Waals surface area (Å²) in [6.45, 7) is 0. The average Bonchev–Trinajstić information content (AvgIpc) is 2.74. The van der Waals surface area contributed by atoms with Gasteiger partial charge >= 0.3 is 0 Å². The first kappa shape index (κ1) is 11.6. The first-order chi connectivity index (χ1) is 8.72. The SMILES string of the molecule is Oc1ccc2c(Oc3ccc(Br)cc3)[c]sc2c1. The number of fused-ring (bicyclic) bond motifs is 1. The Kier molecular flexibility index (Phi) is 2.97. The zero-order valence-corrected chi connectivity index (χ0v) is 11.6. The number of phenolic OH excluding ortho intramolecular Hbond substituents is 1. The Hall–Kier alpha value is -1.52. The van der Waals surface area contributed by atoms with Crippen LogP contribution in [0.4, 0.5) is 0 Å². The van der Waals surface area contributed by atoms with Gasteiger partial charge in [0.2, 0.25) is 0 Å². The molecule has 0 amide bonds. The fourth-order valence-corrected chi connectivity index (χ4v) is 2.70. The van der Waals surface area contributed by atoms with Crippen molar-refractivity contribution >= 4 is 37.4 Å². The largest absolute Gasteiger partial charge is 0.508 e. The molecule has 3 rings (SSSR count). The molecule has 2 aromatic carbocycles. The van der Waals surface area contributed by atoms with Gasteiger partial charge in [-0.3, -0.25) is 0 Å². The quantitative estimate of drug-likeness (QED) is 0.723. The summed E-state index contributed by atoms with van der Waals surface area (Å²) < 4.78 is 7.75. The van der Waals surface area contributed by atoms with E-state index in [0.29, 0.717) is 5.75 Å². The lowest BCUT2D eigenvalue weighted by Crippen LogP contribution is -1.82. The van der Waals surface area contributed by atoms with Gasteiger partial charge in [0.1, 0.15) is 11.5 Å². The Bertz CT molecular complexity index is 689. The summed E-state index contributed by atoms with van der Waals surface area (Å²) in [5.41, 5.74) is 0. The third-order valence-electron chi connectivity index (χ3n) is 2.50. The number of halogens is 1. The molecule has 0 aliphatic carbocycles. The standard InChI is InChI=1S/C14H8BrO2S/c15-9-1-4-11(5-2-9)17-13-8-18-14-7-10(16)3-6-12(13)14/h1-7,16H. The predicted molar refractivity (Wildman–Crippen MR) is 76.5 cm³/mol. The van der Waals surface area contributed by atoms with Gasteiger partial charge in [-0.1, -0.05) is 15.9 Å². The average molecular weight is 320 g/mol. The van der Waals surface area contributed by atoms with Gasteiger partial charge in [0.25, 0.3) is 0 Å². The van der Waals surface area contributed by atoms with Crippen molar-refractivity contribution in [2.24, 2.45) is 0 Å². The summed E-state index contributed by atoms with van der Waals surface area (Å²) >= 11 is 4.81. The van der Waals surface area contributed by atoms with Crippen molar-refractivity contribution in [3.63, 3.8) is 0 Å². The third-order valence-corrected chi connectivity index (χ3v) is 3.87. The topological polar surface area (TPSA) is 29.5 Å². The molecule has 3 aromatic rings. The highest BCUT2D eigenvalue weighted by atomic mass is 79.9. The van der Waals surface area contributed by atoms with E-state index in [1.165, 1.54) is 11.3 Å². The Labute approximate surface area is 117 Å². The summed E-state index contributed by atoms with van der Waals surface area (Å²) in [6, 6.07) is 12.8. The molecule has 0 bridgehead atoms. The van der Waals surface area contributed by atoms with Crippen LogP contribution in [0.5, 0.6) is 17.2 Å². The number of rotatable bonds is 2. The van der Waals surface area contributed by atoms with Crippen molar-refractivity contribution < 1.29 is 9.84 Å². The molecule has 2 nitrogen and oxygen atoms in total. The van der Waals surface area contributed by atoms with Crippen LogP contribution in [0.1, 0.15) is 0 Å². The van der Waals surface area contributed by atoms with Crippen molar-refractivity contribution in [3.8, 4) is 17.2 Å². The number of phenols is 1. The fourth-order valence-electron chi connectivity index (χ4n) is 1.64. The minimum absolute atomic E-state index is 0.257. The van der Waals surface area contributed by atoms with Crippen molar-refractivity contribution in [2.45, 2.75) is 0 Å². The molecule has 4 heteroatoms. The fraction of sp³-hybridized carbons (Fsp3) is 0. The van der Waals surface area contributed by atoms with Crippen LogP contribution in [-0.4, -0.2) is 5.11 Å². The summed E-state index contributed by atoms with van der Waals surface area (Å²) in [4.78, 5) is 0. The van der Waals surface area contributed by atoms with E-state index in [9.17, 15) is 5.11 Å². The molecule has 0 spiro atoms. The van der Waals surface area contributed by atoms with Gasteiger partial charge in [-0.25, -0.2) is 0 Å². The smallest absolute Gasteiger partial charge is 0.154 e. The van der Waals surface area contributed by atoms with Gasteiger partial charge in [-0.2, -0.15) is 0 Å². The number of hydrogen-bond acceptors (Lipinski definition) is 3. The molecule has 0 saturated carbocycles. The Balaban J connectivity index is 1.97. The molecule has 18 heavy (non-hydrogen) atoms. The molecule has 1 aromatic heterocycles. The molecular weight excluding hydrogens is 312 g/mol. The van der Waals surface area contributed by atoms with E-state index >= 15 is 0 Å². The molecule has 0 atom stereocenters. The highest BCUT2D eigenvalue weighted by Crippen LogP contribution is 2.36. The predicted octanol–water partition coefficient (Wildman–Crippen LogP) is 4.96. The maximum atomic E-state index is 9.41. The van der Waals surface area contributed by atoms with E-state index in [-0.39, 0.29) is 5.75 Å². The van der Waals surface area contributed by atoms with E-state index in [1.807, 2.05) is 30.3 Å². The van der Waals surface area contributed by atoms with Crippen LogP contribution >= 0.6 is 27.3 Å². The molecule has 0 unspecified atom stereocenters. The molecule has 0 aliphatic heterocycles. The summed E-state index contributed by atoms with van der Waals surface area (Å²) in [5, 5.41) is 13.5. The number of hydrogen-bond donors (Lipinski definition) is 1. The summed E-state index contributed by atoms with van der Waals surface area (Å²) in [6.07, 6.45) is 0. The molecule has 0 fully saturated rings. The van der Waals surface area contributed by atoms with Crippen LogP contribution in [0.3, 0.4) is 0 Å². The first-order valence-electron chi connectivity index (χ1n) is 5.29. The maximum Gasteiger partial charge on any atom is 0.154 e. The zero-order chi connectivity index (χ0) is 12.5.